The Labute approximate surface area is 202 Å². The molecule has 1 atom stereocenters. The van der Waals surface area contributed by atoms with Gasteiger partial charge in [-0.25, -0.2) is 18.4 Å². The molecule has 2 aromatic heterocycles. The normalized spacial score (nSPS) is 16.5. The van der Waals surface area contributed by atoms with Crippen LogP contribution in [0.15, 0.2) is 42.6 Å². The molecule has 2 N–H and O–H groups in total. The van der Waals surface area contributed by atoms with E-state index in [0.717, 1.165) is 18.5 Å². The number of aromatic hydroxyl groups is 1. The molecule has 0 amide bonds. The molecule has 1 saturated heterocycles. The summed E-state index contributed by atoms with van der Waals surface area (Å²) in [5, 5.41) is 17.4. The van der Waals surface area contributed by atoms with E-state index in [1.165, 1.54) is 17.9 Å². The number of rotatable bonds is 4. The molecule has 12 heteroatoms. The summed E-state index contributed by atoms with van der Waals surface area (Å²) in [4.78, 5) is 10.9. The Morgan fingerprint density at radius 3 is 2.58 bits per heavy atom. The number of piperidine rings is 1. The highest BCUT2D eigenvalue weighted by atomic mass is 19.4. The summed E-state index contributed by atoms with van der Waals surface area (Å²) in [6, 6.07) is 10.2. The molecule has 0 aliphatic carbocycles. The summed E-state index contributed by atoms with van der Waals surface area (Å²) in [5.41, 5.74) is -1.48. The van der Waals surface area contributed by atoms with Gasteiger partial charge in [0.25, 0.3) is 0 Å². The Bertz CT molecular complexity index is 1420. The Kier molecular flexibility index (Phi) is 5.89. The fourth-order valence-corrected chi connectivity index (χ4v) is 4.43. The molecule has 1 unspecified atom stereocenters. The largest absolute Gasteiger partial charge is 0.503 e. The van der Waals surface area contributed by atoms with Gasteiger partial charge < -0.3 is 15.3 Å². The number of hydrogen-bond acceptors (Lipinski definition) is 6. The molecular weight excluding hydrogens is 483 g/mol. The highest BCUT2D eigenvalue weighted by molar-refractivity contribution is 5.91. The van der Waals surface area contributed by atoms with Crippen molar-refractivity contribution in [3.63, 3.8) is 0 Å². The average molecular weight is 504 g/mol. The van der Waals surface area contributed by atoms with Crippen LogP contribution >= 0.6 is 0 Å². The lowest BCUT2D eigenvalue weighted by atomic mass is 10.0. The van der Waals surface area contributed by atoms with Crippen LogP contribution in [-0.2, 0) is 13.2 Å². The van der Waals surface area contributed by atoms with Crippen LogP contribution in [-0.4, -0.2) is 44.0 Å². The maximum absolute atomic E-state index is 14.7. The van der Waals surface area contributed by atoms with Crippen molar-refractivity contribution in [2.75, 3.05) is 23.3 Å². The zero-order chi connectivity index (χ0) is 25.6. The number of phenolic OH excluding ortho intramolecular Hbond substituents is 1. The van der Waals surface area contributed by atoms with Crippen LogP contribution in [0.25, 0.3) is 22.3 Å². The average Bonchev–Trinajstić information content (AvgIpc) is 3.18. The van der Waals surface area contributed by atoms with Crippen molar-refractivity contribution in [3.05, 3.63) is 59.8 Å². The molecular formula is C24H21F5N6O. The van der Waals surface area contributed by atoms with Crippen molar-refractivity contribution in [3.8, 4) is 17.0 Å². The van der Waals surface area contributed by atoms with Gasteiger partial charge in [0.15, 0.2) is 23.0 Å². The fourth-order valence-electron chi connectivity index (χ4n) is 4.43. The number of para-hydroxylation sites is 1. The van der Waals surface area contributed by atoms with Gasteiger partial charge in [0.2, 0.25) is 5.95 Å². The SMILES string of the molecule is Cn1nc(-c2cc(C(F)(F)F)c(F)c(O)c2F)c2cnc(N3CCCC(Nc4ccccc4)C3)nc21. The second kappa shape index (κ2) is 8.92. The lowest BCUT2D eigenvalue weighted by Crippen LogP contribution is -2.42. The van der Waals surface area contributed by atoms with Crippen LogP contribution in [0.5, 0.6) is 5.75 Å². The molecule has 0 saturated carbocycles. The van der Waals surface area contributed by atoms with E-state index in [1.54, 1.807) is 0 Å². The number of nitrogens with one attached hydrogen (secondary N) is 1. The van der Waals surface area contributed by atoms with Gasteiger partial charge in [-0.15, -0.1) is 0 Å². The lowest BCUT2D eigenvalue weighted by Gasteiger charge is -2.33. The number of phenols is 1. The van der Waals surface area contributed by atoms with E-state index in [2.05, 4.69) is 20.4 Å². The standard InChI is InChI=1S/C24H21F5N6O/c1-34-22-16(20(33-34)15-10-17(24(27,28)29)19(26)21(36)18(15)25)11-30-23(32-22)35-9-5-8-14(12-35)31-13-6-3-2-4-7-13/h2-4,6-7,10-11,14,31,36H,5,8-9,12H2,1H3. The van der Waals surface area contributed by atoms with Gasteiger partial charge in [0.1, 0.15) is 5.69 Å². The van der Waals surface area contributed by atoms with Gasteiger partial charge in [0, 0.05) is 43.6 Å². The molecule has 0 bridgehead atoms. The molecule has 7 nitrogen and oxygen atoms in total. The highest BCUT2D eigenvalue weighted by Crippen LogP contribution is 2.41. The Balaban J connectivity index is 1.49. The minimum Gasteiger partial charge on any atom is -0.503 e. The molecule has 2 aromatic carbocycles. The smallest absolute Gasteiger partial charge is 0.419 e. The van der Waals surface area contributed by atoms with Crippen molar-refractivity contribution >= 4 is 22.7 Å². The van der Waals surface area contributed by atoms with Gasteiger partial charge >= 0.3 is 6.18 Å². The Morgan fingerprint density at radius 1 is 1.11 bits per heavy atom. The predicted molar refractivity (Wildman–Crippen MR) is 124 cm³/mol. The van der Waals surface area contributed by atoms with Crippen LogP contribution < -0.4 is 10.2 Å². The quantitative estimate of drug-likeness (QED) is 0.376. The van der Waals surface area contributed by atoms with Gasteiger partial charge in [0.05, 0.1) is 10.9 Å². The number of aryl methyl sites for hydroxylation is 1. The van der Waals surface area contributed by atoms with Crippen LogP contribution in [0, 0.1) is 11.6 Å². The lowest BCUT2D eigenvalue weighted by molar-refractivity contribution is -0.140. The minimum atomic E-state index is -5.14. The zero-order valence-electron chi connectivity index (χ0n) is 19.0. The monoisotopic (exact) mass is 504 g/mol. The molecule has 36 heavy (non-hydrogen) atoms. The number of aromatic nitrogens is 4. The maximum atomic E-state index is 14.7. The maximum Gasteiger partial charge on any atom is 0.419 e. The fraction of sp³-hybridized carbons (Fsp3) is 0.292. The molecule has 5 rings (SSSR count). The van der Waals surface area contributed by atoms with E-state index in [1.807, 2.05) is 35.2 Å². The molecule has 188 valence electrons. The molecule has 4 aromatic rings. The third kappa shape index (κ3) is 4.27. The van der Waals surface area contributed by atoms with Crippen LogP contribution in [0.4, 0.5) is 33.6 Å². The van der Waals surface area contributed by atoms with E-state index in [4.69, 9.17) is 0 Å². The summed E-state index contributed by atoms with van der Waals surface area (Å²) in [6.45, 7) is 1.33. The van der Waals surface area contributed by atoms with E-state index in [9.17, 15) is 27.1 Å². The number of fused-ring (bicyclic) bond motifs is 1. The van der Waals surface area contributed by atoms with Crippen LogP contribution in [0.2, 0.25) is 0 Å². The molecule has 0 spiro atoms. The van der Waals surface area contributed by atoms with Crippen LogP contribution in [0.1, 0.15) is 18.4 Å². The van der Waals surface area contributed by atoms with Crippen molar-refractivity contribution in [2.45, 2.75) is 25.1 Å². The first kappa shape index (κ1) is 23.8. The second-order valence-corrected chi connectivity index (χ2v) is 8.62. The topological polar surface area (TPSA) is 79.1 Å². The summed E-state index contributed by atoms with van der Waals surface area (Å²) in [7, 11) is 1.50. The molecule has 0 radical (unpaired) electrons. The number of halogens is 5. The van der Waals surface area contributed by atoms with Gasteiger partial charge in [-0.1, -0.05) is 18.2 Å². The number of nitrogens with zero attached hydrogens (tertiary/aromatic N) is 5. The van der Waals surface area contributed by atoms with Gasteiger partial charge in [-0.05, 0) is 31.0 Å². The zero-order valence-corrected chi connectivity index (χ0v) is 19.0. The highest BCUT2D eigenvalue weighted by Gasteiger charge is 2.38. The third-order valence-electron chi connectivity index (χ3n) is 6.15. The summed E-state index contributed by atoms with van der Waals surface area (Å²) < 4.78 is 69.7. The molecule has 1 aliphatic heterocycles. The van der Waals surface area contributed by atoms with Crippen LogP contribution in [0.3, 0.4) is 0 Å². The van der Waals surface area contributed by atoms with E-state index in [-0.39, 0.29) is 22.8 Å². The number of anilines is 2. The van der Waals surface area contributed by atoms with E-state index in [0.29, 0.717) is 25.1 Å². The van der Waals surface area contributed by atoms with Crippen molar-refractivity contribution in [2.24, 2.45) is 7.05 Å². The summed E-state index contributed by atoms with van der Waals surface area (Å²) in [5.74, 6) is -4.95. The number of hydrogen-bond donors (Lipinski definition) is 2. The molecule has 1 fully saturated rings. The van der Waals surface area contributed by atoms with Gasteiger partial charge in [-0.2, -0.15) is 23.3 Å². The second-order valence-electron chi connectivity index (χ2n) is 8.62. The molecule has 1 aliphatic rings. The Hall–Kier alpha value is -3.96. The third-order valence-corrected chi connectivity index (χ3v) is 6.15. The Morgan fingerprint density at radius 2 is 1.86 bits per heavy atom. The molecule has 3 heterocycles. The van der Waals surface area contributed by atoms with Crippen molar-refractivity contribution in [1.82, 2.24) is 19.7 Å². The first-order chi connectivity index (χ1) is 17.1. The van der Waals surface area contributed by atoms with Gasteiger partial charge in [-0.3, -0.25) is 0 Å². The van der Waals surface area contributed by atoms with E-state index >= 15 is 0 Å². The summed E-state index contributed by atoms with van der Waals surface area (Å²) >= 11 is 0. The first-order valence-corrected chi connectivity index (χ1v) is 11.2. The number of benzene rings is 2. The summed E-state index contributed by atoms with van der Waals surface area (Å²) in [6.07, 6.45) is -1.95. The minimum absolute atomic E-state index is 0.152. The predicted octanol–water partition coefficient (Wildman–Crippen LogP) is 5.11. The van der Waals surface area contributed by atoms with Crippen molar-refractivity contribution < 1.29 is 27.1 Å². The van der Waals surface area contributed by atoms with Crippen molar-refractivity contribution in [1.29, 1.82) is 0 Å². The van der Waals surface area contributed by atoms with E-state index < -0.39 is 34.7 Å². The number of alkyl halides is 3. The first-order valence-electron chi connectivity index (χ1n) is 11.2.